The summed E-state index contributed by atoms with van der Waals surface area (Å²) in [6, 6.07) is 1.88. The van der Waals surface area contributed by atoms with Gasteiger partial charge in [-0.25, -0.2) is 0 Å². The molecule has 0 aliphatic carbocycles. The molecule has 1 atom stereocenters. The van der Waals surface area contributed by atoms with Crippen LogP contribution < -0.4 is 0 Å². The summed E-state index contributed by atoms with van der Waals surface area (Å²) in [6.45, 7) is 2.03. The Morgan fingerprint density at radius 2 is 2.25 bits per heavy atom. The van der Waals surface area contributed by atoms with Crippen molar-refractivity contribution in [3.05, 3.63) is 24.0 Å². The van der Waals surface area contributed by atoms with Crippen LogP contribution in [0.4, 0.5) is 0 Å². The lowest BCUT2D eigenvalue weighted by atomic mass is 10.1. The zero-order chi connectivity index (χ0) is 12.1. The summed E-state index contributed by atoms with van der Waals surface area (Å²) in [5.41, 5.74) is 0.999. The van der Waals surface area contributed by atoms with Crippen LogP contribution in [0.5, 0.6) is 0 Å². The minimum Gasteiger partial charge on any atom is -0.481 e. The zero-order valence-electron chi connectivity index (χ0n) is 9.43. The highest BCUT2D eigenvalue weighted by molar-refractivity contribution is 5.81. The molecule has 0 radical (unpaired) electrons. The number of hydrogen-bond donors (Lipinski definition) is 2. The Kier molecular flexibility index (Phi) is 4.10. The maximum atomic E-state index is 11.6. The monoisotopic (exact) mass is 224 g/mol. The number of rotatable bonds is 5. The maximum absolute atomic E-state index is 11.6. The number of hydrogen-bond acceptors (Lipinski definition) is 2. The Morgan fingerprint density at radius 3 is 2.75 bits per heavy atom. The van der Waals surface area contributed by atoms with E-state index in [1.807, 2.05) is 12.3 Å². The first kappa shape index (κ1) is 12.3. The van der Waals surface area contributed by atoms with Crippen molar-refractivity contribution >= 4 is 11.9 Å². The number of aromatic nitrogens is 1. The minimum absolute atomic E-state index is 0.0380. The molecule has 0 aromatic carbocycles. The van der Waals surface area contributed by atoms with Gasteiger partial charge in [0.15, 0.2) is 0 Å². The van der Waals surface area contributed by atoms with Gasteiger partial charge in [0.2, 0.25) is 5.91 Å². The Balaban J connectivity index is 2.45. The molecule has 1 rings (SSSR count). The van der Waals surface area contributed by atoms with Crippen LogP contribution in [0.25, 0.3) is 0 Å². The largest absolute Gasteiger partial charge is 0.481 e. The van der Waals surface area contributed by atoms with Crippen LogP contribution >= 0.6 is 0 Å². The van der Waals surface area contributed by atoms with Crippen molar-refractivity contribution in [3.63, 3.8) is 0 Å². The number of H-pyrrole nitrogens is 1. The predicted octanol–water partition coefficient (Wildman–Crippen LogP) is 1.08. The Morgan fingerprint density at radius 1 is 1.56 bits per heavy atom. The molecule has 1 amide bonds. The van der Waals surface area contributed by atoms with Gasteiger partial charge in [-0.3, -0.25) is 9.59 Å². The topological polar surface area (TPSA) is 73.4 Å². The highest BCUT2D eigenvalue weighted by atomic mass is 16.4. The average molecular weight is 224 g/mol. The number of carboxylic acids is 1. The Labute approximate surface area is 94.1 Å². The van der Waals surface area contributed by atoms with Crippen LogP contribution in [-0.4, -0.2) is 33.9 Å². The van der Waals surface area contributed by atoms with Gasteiger partial charge in [-0.15, -0.1) is 0 Å². The van der Waals surface area contributed by atoms with Gasteiger partial charge in [0.25, 0.3) is 0 Å². The summed E-state index contributed by atoms with van der Waals surface area (Å²) in [4.78, 5) is 26.7. The van der Waals surface area contributed by atoms with E-state index in [1.54, 1.807) is 13.2 Å². The number of nitrogens with one attached hydrogen (secondary N) is 1. The third kappa shape index (κ3) is 3.42. The lowest BCUT2D eigenvalue weighted by molar-refractivity contribution is -0.145. The van der Waals surface area contributed by atoms with Crippen LogP contribution in [0.3, 0.4) is 0 Å². The second-order valence-electron chi connectivity index (χ2n) is 3.91. The molecular weight excluding hydrogens is 208 g/mol. The highest BCUT2D eigenvalue weighted by Gasteiger charge is 2.18. The molecule has 0 saturated heterocycles. The molecule has 0 bridgehead atoms. The molecule has 0 spiro atoms. The predicted molar refractivity (Wildman–Crippen MR) is 58.7 cm³/mol. The quantitative estimate of drug-likeness (QED) is 0.786. The van der Waals surface area contributed by atoms with E-state index >= 15 is 0 Å². The van der Waals surface area contributed by atoms with Gasteiger partial charge in [0.1, 0.15) is 0 Å². The maximum Gasteiger partial charge on any atom is 0.306 e. The van der Waals surface area contributed by atoms with Gasteiger partial charge < -0.3 is 15.0 Å². The highest BCUT2D eigenvalue weighted by Crippen LogP contribution is 2.08. The summed E-state index contributed by atoms with van der Waals surface area (Å²) in [5.74, 6) is -1.74. The van der Waals surface area contributed by atoms with Crippen LogP contribution in [-0.2, 0) is 16.1 Å². The summed E-state index contributed by atoms with van der Waals surface area (Å²) < 4.78 is 0. The normalized spacial score (nSPS) is 12.1. The van der Waals surface area contributed by atoms with Crippen LogP contribution in [0.15, 0.2) is 18.5 Å². The standard InChI is InChI=1S/C11H16N2O3/c1-8(11(15)16)5-10(14)13(2)7-9-3-4-12-6-9/h3-4,6,8,12H,5,7H2,1-2H3,(H,15,16). The lowest BCUT2D eigenvalue weighted by Gasteiger charge is -2.17. The molecule has 16 heavy (non-hydrogen) atoms. The van der Waals surface area contributed by atoms with Gasteiger partial charge in [-0.05, 0) is 11.6 Å². The number of carbonyl (C=O) groups excluding carboxylic acids is 1. The summed E-state index contributed by atoms with van der Waals surface area (Å²) >= 11 is 0. The number of aliphatic carboxylic acids is 1. The van der Waals surface area contributed by atoms with Crippen molar-refractivity contribution in [1.29, 1.82) is 0 Å². The van der Waals surface area contributed by atoms with Crippen molar-refractivity contribution in [1.82, 2.24) is 9.88 Å². The van der Waals surface area contributed by atoms with Crippen molar-refractivity contribution in [2.45, 2.75) is 19.9 Å². The molecule has 2 N–H and O–H groups in total. The molecule has 88 valence electrons. The fourth-order valence-corrected chi connectivity index (χ4v) is 1.32. The zero-order valence-corrected chi connectivity index (χ0v) is 9.43. The Bertz CT molecular complexity index is 359. The van der Waals surface area contributed by atoms with Crippen molar-refractivity contribution in [3.8, 4) is 0 Å². The third-order valence-electron chi connectivity index (χ3n) is 2.41. The van der Waals surface area contributed by atoms with Crippen LogP contribution in [0.1, 0.15) is 18.9 Å². The second-order valence-corrected chi connectivity index (χ2v) is 3.91. The number of carboxylic acid groups (broad SMARTS) is 1. The fourth-order valence-electron chi connectivity index (χ4n) is 1.32. The molecular formula is C11H16N2O3. The lowest BCUT2D eigenvalue weighted by Crippen LogP contribution is -2.29. The molecule has 1 aromatic rings. The Hall–Kier alpha value is -1.78. The molecule has 1 aromatic heterocycles. The van der Waals surface area contributed by atoms with E-state index in [1.165, 1.54) is 11.8 Å². The van der Waals surface area contributed by atoms with Gasteiger partial charge in [0.05, 0.1) is 5.92 Å². The van der Waals surface area contributed by atoms with Crippen LogP contribution in [0, 0.1) is 5.92 Å². The molecule has 1 unspecified atom stereocenters. The number of amides is 1. The first-order valence-electron chi connectivity index (χ1n) is 5.09. The van der Waals surface area contributed by atoms with Gasteiger partial charge in [-0.2, -0.15) is 0 Å². The summed E-state index contributed by atoms with van der Waals surface area (Å²) in [6.07, 6.45) is 3.63. The van der Waals surface area contributed by atoms with Crippen molar-refractivity contribution in [2.24, 2.45) is 5.92 Å². The molecule has 0 saturated carbocycles. The van der Waals surface area contributed by atoms with E-state index in [9.17, 15) is 9.59 Å². The fraction of sp³-hybridized carbons (Fsp3) is 0.455. The smallest absolute Gasteiger partial charge is 0.306 e. The van der Waals surface area contributed by atoms with E-state index in [2.05, 4.69) is 4.98 Å². The molecule has 0 fully saturated rings. The summed E-state index contributed by atoms with van der Waals surface area (Å²) in [5, 5.41) is 8.69. The molecule has 0 aliphatic rings. The van der Waals surface area contributed by atoms with Crippen LogP contribution in [0.2, 0.25) is 0 Å². The SMILES string of the molecule is CC(CC(=O)N(C)Cc1cc[nH]c1)C(=O)O. The van der Waals surface area contributed by atoms with Crippen molar-refractivity contribution in [2.75, 3.05) is 7.05 Å². The van der Waals surface area contributed by atoms with E-state index in [4.69, 9.17) is 5.11 Å². The molecule has 0 aliphatic heterocycles. The first-order valence-corrected chi connectivity index (χ1v) is 5.09. The van der Waals surface area contributed by atoms with Gasteiger partial charge in [-0.1, -0.05) is 6.92 Å². The van der Waals surface area contributed by atoms with Crippen molar-refractivity contribution < 1.29 is 14.7 Å². The molecule has 1 heterocycles. The van der Waals surface area contributed by atoms with E-state index in [0.29, 0.717) is 6.54 Å². The number of nitrogens with zero attached hydrogens (tertiary/aromatic N) is 1. The third-order valence-corrected chi connectivity index (χ3v) is 2.41. The van der Waals surface area contributed by atoms with Gasteiger partial charge in [0, 0.05) is 32.4 Å². The van der Waals surface area contributed by atoms with E-state index in [0.717, 1.165) is 5.56 Å². The minimum atomic E-state index is -0.941. The van der Waals surface area contributed by atoms with E-state index < -0.39 is 11.9 Å². The van der Waals surface area contributed by atoms with E-state index in [-0.39, 0.29) is 12.3 Å². The van der Waals surface area contributed by atoms with Gasteiger partial charge >= 0.3 is 5.97 Å². The molecule has 5 heteroatoms. The number of carbonyl (C=O) groups is 2. The summed E-state index contributed by atoms with van der Waals surface area (Å²) in [7, 11) is 1.67. The number of aromatic amines is 1. The average Bonchev–Trinajstić information content (AvgIpc) is 2.69. The first-order chi connectivity index (χ1) is 7.50. The second kappa shape index (κ2) is 5.34. The molecule has 5 nitrogen and oxygen atoms in total.